The fourth-order valence-electron chi connectivity index (χ4n) is 3.34. The van der Waals surface area contributed by atoms with Crippen molar-refractivity contribution in [1.29, 1.82) is 0 Å². The molecule has 1 spiro atoms. The van der Waals surface area contributed by atoms with Gasteiger partial charge in [0.05, 0.1) is 17.4 Å². The largest absolute Gasteiger partial charge is 0.328 e. The Morgan fingerprint density at radius 1 is 1.35 bits per heavy atom. The monoisotopic (exact) mass is 438 g/mol. The molecule has 1 aliphatic carbocycles. The predicted molar refractivity (Wildman–Crippen MR) is 96.6 cm³/mol. The zero-order chi connectivity index (χ0) is 18.5. The summed E-state index contributed by atoms with van der Waals surface area (Å²) in [6.45, 7) is 0.307. The topological polar surface area (TPSA) is 75.2 Å². The van der Waals surface area contributed by atoms with Crippen LogP contribution in [0.5, 0.6) is 0 Å². The van der Waals surface area contributed by atoms with Crippen LogP contribution >= 0.6 is 27.5 Å². The molecule has 26 heavy (non-hydrogen) atoms. The van der Waals surface area contributed by atoms with E-state index in [1.807, 2.05) is 0 Å². The lowest BCUT2D eigenvalue weighted by Crippen LogP contribution is -2.47. The second-order valence-corrected chi connectivity index (χ2v) is 7.73. The van der Waals surface area contributed by atoms with Gasteiger partial charge in [-0.25, -0.2) is 14.4 Å². The van der Waals surface area contributed by atoms with Gasteiger partial charge in [-0.3, -0.25) is 14.9 Å². The SMILES string of the molecule is O=C(CN1CC2(CC2)c2c(ccc(Br)c2Cl)C1=O)Nc1ncc(F)cn1. The van der Waals surface area contributed by atoms with E-state index >= 15 is 0 Å². The Morgan fingerprint density at radius 3 is 2.69 bits per heavy atom. The highest BCUT2D eigenvalue weighted by Gasteiger charge is 2.53. The molecule has 4 rings (SSSR count). The van der Waals surface area contributed by atoms with E-state index in [0.29, 0.717) is 17.1 Å². The van der Waals surface area contributed by atoms with Gasteiger partial charge in [0.25, 0.3) is 5.91 Å². The van der Waals surface area contributed by atoms with Gasteiger partial charge in [0.15, 0.2) is 5.82 Å². The fourth-order valence-corrected chi connectivity index (χ4v) is 4.03. The molecule has 0 atom stereocenters. The molecule has 6 nitrogen and oxygen atoms in total. The molecule has 2 aliphatic rings. The predicted octanol–water partition coefficient (Wildman–Crippen LogP) is 3.16. The van der Waals surface area contributed by atoms with Crippen molar-refractivity contribution in [1.82, 2.24) is 14.9 Å². The molecule has 0 radical (unpaired) electrons. The summed E-state index contributed by atoms with van der Waals surface area (Å²) in [6, 6.07) is 3.48. The molecule has 9 heteroatoms. The number of carbonyl (C=O) groups excluding carboxylic acids is 2. The van der Waals surface area contributed by atoms with E-state index in [1.54, 1.807) is 12.1 Å². The maximum atomic E-state index is 12.8. The number of carbonyl (C=O) groups is 2. The number of rotatable bonds is 3. The van der Waals surface area contributed by atoms with Crippen LogP contribution < -0.4 is 5.32 Å². The minimum atomic E-state index is -0.593. The molecular formula is C17H13BrClFN4O2. The van der Waals surface area contributed by atoms with E-state index in [0.717, 1.165) is 35.3 Å². The summed E-state index contributed by atoms with van der Waals surface area (Å²) >= 11 is 9.84. The zero-order valence-electron chi connectivity index (χ0n) is 13.4. The molecular weight excluding hydrogens is 427 g/mol. The quantitative estimate of drug-likeness (QED) is 0.797. The number of amides is 2. The molecule has 2 aromatic rings. The van der Waals surface area contributed by atoms with Crippen molar-refractivity contribution in [3.63, 3.8) is 0 Å². The highest BCUT2D eigenvalue weighted by atomic mass is 79.9. The zero-order valence-corrected chi connectivity index (χ0v) is 15.8. The maximum absolute atomic E-state index is 12.8. The summed E-state index contributed by atoms with van der Waals surface area (Å²) in [7, 11) is 0. The number of benzene rings is 1. The van der Waals surface area contributed by atoms with Gasteiger partial charge >= 0.3 is 0 Å². The van der Waals surface area contributed by atoms with Crippen molar-refractivity contribution in [3.05, 3.63) is 51.0 Å². The van der Waals surface area contributed by atoms with Crippen molar-refractivity contribution in [3.8, 4) is 0 Å². The van der Waals surface area contributed by atoms with Gasteiger partial charge in [-0.15, -0.1) is 0 Å². The normalized spacial score (nSPS) is 17.2. The first kappa shape index (κ1) is 17.4. The third-order valence-corrected chi connectivity index (χ3v) is 5.98. The highest BCUT2D eigenvalue weighted by molar-refractivity contribution is 9.10. The molecule has 0 unspecified atom stereocenters. The van der Waals surface area contributed by atoms with Crippen molar-refractivity contribution in [2.45, 2.75) is 18.3 Å². The van der Waals surface area contributed by atoms with Gasteiger partial charge in [-0.2, -0.15) is 0 Å². The molecule has 1 saturated carbocycles. The summed E-state index contributed by atoms with van der Waals surface area (Å²) in [5.74, 6) is -1.27. The highest BCUT2D eigenvalue weighted by Crippen LogP contribution is 2.55. The van der Waals surface area contributed by atoms with E-state index in [1.165, 1.54) is 4.90 Å². The van der Waals surface area contributed by atoms with E-state index in [9.17, 15) is 14.0 Å². The summed E-state index contributed by atoms with van der Waals surface area (Å²) in [5.41, 5.74) is 1.22. The average Bonchev–Trinajstić information content (AvgIpc) is 3.37. The van der Waals surface area contributed by atoms with Crippen molar-refractivity contribution in [2.24, 2.45) is 0 Å². The Hall–Kier alpha value is -2.06. The number of nitrogens with zero attached hydrogens (tertiary/aromatic N) is 3. The Kier molecular flexibility index (Phi) is 4.19. The van der Waals surface area contributed by atoms with Crippen molar-refractivity contribution >= 4 is 45.3 Å². The molecule has 1 N–H and O–H groups in total. The molecule has 2 amide bonds. The Balaban J connectivity index is 1.55. The second-order valence-electron chi connectivity index (χ2n) is 6.50. The van der Waals surface area contributed by atoms with Crippen molar-refractivity contribution in [2.75, 3.05) is 18.4 Å². The lowest BCUT2D eigenvalue weighted by molar-refractivity contribution is -0.117. The van der Waals surface area contributed by atoms with Gasteiger partial charge in [0.2, 0.25) is 11.9 Å². The van der Waals surface area contributed by atoms with Crippen LogP contribution in [0, 0.1) is 5.82 Å². The Bertz CT molecular complexity index is 918. The van der Waals surface area contributed by atoms with Gasteiger partial charge in [-0.1, -0.05) is 11.6 Å². The average molecular weight is 440 g/mol. The summed E-state index contributed by atoms with van der Waals surface area (Å²) in [6.07, 6.45) is 3.76. The van der Waals surface area contributed by atoms with Gasteiger partial charge in [0.1, 0.15) is 6.54 Å². The van der Waals surface area contributed by atoms with Crippen LogP contribution in [0.1, 0.15) is 28.8 Å². The minimum absolute atomic E-state index is 0.00521. The Morgan fingerprint density at radius 2 is 2.04 bits per heavy atom. The summed E-state index contributed by atoms with van der Waals surface area (Å²) in [4.78, 5) is 34.0. The third kappa shape index (κ3) is 2.97. The fraction of sp³-hybridized carbons (Fsp3) is 0.294. The van der Waals surface area contributed by atoms with E-state index in [2.05, 4.69) is 31.2 Å². The summed E-state index contributed by atoms with van der Waals surface area (Å²) in [5, 5.41) is 3.04. The van der Waals surface area contributed by atoms with Crippen molar-refractivity contribution < 1.29 is 14.0 Å². The van der Waals surface area contributed by atoms with Crippen LogP contribution in [-0.4, -0.2) is 39.8 Å². The standard InChI is InChI=1S/C17H13BrClFN4O2/c18-11-2-1-10-13(14(11)19)17(3-4-17)8-24(15(10)26)7-12(25)23-16-21-5-9(20)6-22-16/h1-2,5-6H,3-4,7-8H2,(H,21,22,23,25). The van der Waals surface area contributed by atoms with Crippen LogP contribution in [0.25, 0.3) is 0 Å². The van der Waals surface area contributed by atoms with Crippen LogP contribution in [-0.2, 0) is 10.2 Å². The minimum Gasteiger partial charge on any atom is -0.328 e. The molecule has 2 heterocycles. The third-order valence-electron chi connectivity index (χ3n) is 4.70. The lowest BCUT2D eigenvalue weighted by atomic mass is 9.86. The molecule has 1 aliphatic heterocycles. The van der Waals surface area contributed by atoms with E-state index in [-0.39, 0.29) is 23.8 Å². The first-order valence-electron chi connectivity index (χ1n) is 7.95. The molecule has 0 bridgehead atoms. The van der Waals surface area contributed by atoms with Crippen LogP contribution in [0.3, 0.4) is 0 Å². The molecule has 134 valence electrons. The maximum Gasteiger partial charge on any atom is 0.254 e. The summed E-state index contributed by atoms with van der Waals surface area (Å²) < 4.78 is 13.6. The first-order chi connectivity index (χ1) is 12.4. The van der Waals surface area contributed by atoms with Crippen LogP contribution in [0.2, 0.25) is 5.02 Å². The number of fused-ring (bicyclic) bond motifs is 2. The van der Waals surface area contributed by atoms with E-state index in [4.69, 9.17) is 11.6 Å². The molecule has 1 aromatic carbocycles. The number of aromatic nitrogens is 2. The molecule has 0 saturated heterocycles. The molecule has 1 aromatic heterocycles. The lowest BCUT2D eigenvalue weighted by Gasteiger charge is -2.35. The number of anilines is 1. The van der Waals surface area contributed by atoms with Crippen LogP contribution in [0.15, 0.2) is 29.0 Å². The first-order valence-corrected chi connectivity index (χ1v) is 9.12. The number of hydrogen-bond donors (Lipinski definition) is 1. The van der Waals surface area contributed by atoms with Gasteiger partial charge in [-0.05, 0) is 46.5 Å². The van der Waals surface area contributed by atoms with Gasteiger partial charge in [0, 0.05) is 22.0 Å². The second kappa shape index (κ2) is 6.28. The van der Waals surface area contributed by atoms with Gasteiger partial charge < -0.3 is 4.90 Å². The molecule has 1 fully saturated rings. The van der Waals surface area contributed by atoms with E-state index < -0.39 is 11.7 Å². The van der Waals surface area contributed by atoms with Crippen LogP contribution in [0.4, 0.5) is 10.3 Å². The smallest absolute Gasteiger partial charge is 0.254 e. The number of halogens is 3. The Labute approximate surface area is 161 Å². The number of hydrogen-bond acceptors (Lipinski definition) is 4. The number of nitrogens with one attached hydrogen (secondary N) is 1.